The number of nitriles is 1. The molecule has 0 unspecified atom stereocenters. The highest BCUT2D eigenvalue weighted by molar-refractivity contribution is 5.78. The summed E-state index contributed by atoms with van der Waals surface area (Å²) in [6.45, 7) is 6.19. The lowest BCUT2D eigenvalue weighted by Gasteiger charge is -2.34. The van der Waals surface area contributed by atoms with E-state index in [4.69, 9.17) is 9.15 Å². The summed E-state index contributed by atoms with van der Waals surface area (Å²) in [5.74, 6) is 1.46. The van der Waals surface area contributed by atoms with E-state index >= 15 is 0 Å². The van der Waals surface area contributed by atoms with Gasteiger partial charge in [-0.25, -0.2) is 0 Å². The summed E-state index contributed by atoms with van der Waals surface area (Å²) in [6, 6.07) is 17.9. The molecule has 0 spiro atoms. The average molecular weight is 443 g/mol. The minimum Gasteiger partial charge on any atom is -0.484 e. The molecule has 0 aliphatic carbocycles. The molecule has 7 nitrogen and oxygen atoms in total. The second-order valence-electron chi connectivity index (χ2n) is 8.03. The van der Waals surface area contributed by atoms with E-state index in [1.165, 1.54) is 5.56 Å². The van der Waals surface area contributed by atoms with E-state index in [-0.39, 0.29) is 18.2 Å². The van der Waals surface area contributed by atoms with E-state index in [9.17, 15) is 10.1 Å². The quantitative estimate of drug-likeness (QED) is 0.573. The smallest absolute Gasteiger partial charge is 0.260 e. The van der Waals surface area contributed by atoms with Crippen LogP contribution in [0.2, 0.25) is 0 Å². The summed E-state index contributed by atoms with van der Waals surface area (Å²) in [4.78, 5) is 20.6. The predicted molar refractivity (Wildman–Crippen MR) is 127 cm³/mol. The van der Waals surface area contributed by atoms with E-state index < -0.39 is 0 Å². The number of hydrogen-bond donors (Lipinski definition) is 0. The number of oxazole rings is 1. The SMILES string of the molecule is Cc1ccc(C=Cc2nc(C#N)c(N3CCN(C(=O)COc4cccc(C)c4)CC3)o2)cc1. The van der Waals surface area contributed by atoms with Gasteiger partial charge in [-0.15, -0.1) is 0 Å². The van der Waals surface area contributed by atoms with Crippen LogP contribution in [0.1, 0.15) is 28.3 Å². The fourth-order valence-corrected chi connectivity index (χ4v) is 3.63. The number of nitrogens with zero attached hydrogens (tertiary/aromatic N) is 4. The van der Waals surface area contributed by atoms with Crippen molar-refractivity contribution in [2.24, 2.45) is 0 Å². The number of aryl methyl sites for hydroxylation is 2. The normalized spacial score (nSPS) is 13.8. The van der Waals surface area contributed by atoms with Gasteiger partial charge in [-0.05, 0) is 43.2 Å². The van der Waals surface area contributed by atoms with Crippen LogP contribution >= 0.6 is 0 Å². The largest absolute Gasteiger partial charge is 0.484 e. The summed E-state index contributed by atoms with van der Waals surface area (Å²) in [5, 5.41) is 9.51. The van der Waals surface area contributed by atoms with Crippen molar-refractivity contribution < 1.29 is 13.9 Å². The van der Waals surface area contributed by atoms with Gasteiger partial charge in [0.25, 0.3) is 5.91 Å². The number of hydrogen-bond acceptors (Lipinski definition) is 6. The van der Waals surface area contributed by atoms with Crippen LogP contribution in [-0.4, -0.2) is 48.6 Å². The fraction of sp³-hybridized carbons (Fsp3) is 0.269. The van der Waals surface area contributed by atoms with E-state index in [1.807, 2.05) is 73.4 Å². The van der Waals surface area contributed by atoms with E-state index in [0.717, 1.165) is 11.1 Å². The van der Waals surface area contributed by atoms with Gasteiger partial charge >= 0.3 is 0 Å². The van der Waals surface area contributed by atoms with Crippen molar-refractivity contribution >= 4 is 23.9 Å². The van der Waals surface area contributed by atoms with Crippen LogP contribution in [0.5, 0.6) is 5.75 Å². The van der Waals surface area contributed by atoms with Crippen molar-refractivity contribution in [1.82, 2.24) is 9.88 Å². The van der Waals surface area contributed by atoms with Gasteiger partial charge in [0.15, 0.2) is 6.61 Å². The van der Waals surface area contributed by atoms with Crippen LogP contribution < -0.4 is 9.64 Å². The molecule has 0 atom stereocenters. The Hall–Kier alpha value is -4.05. The Kier molecular flexibility index (Phi) is 6.75. The summed E-state index contributed by atoms with van der Waals surface area (Å²) >= 11 is 0. The molecule has 33 heavy (non-hydrogen) atoms. The molecule has 4 rings (SSSR count). The lowest BCUT2D eigenvalue weighted by molar-refractivity contribution is -0.133. The lowest BCUT2D eigenvalue weighted by Crippen LogP contribution is -2.50. The third-order valence-electron chi connectivity index (χ3n) is 5.50. The maximum atomic E-state index is 12.6. The first-order chi connectivity index (χ1) is 16.0. The molecule has 3 aromatic rings. The molecule has 0 saturated carbocycles. The van der Waals surface area contributed by atoms with Gasteiger partial charge in [0, 0.05) is 32.3 Å². The summed E-state index contributed by atoms with van der Waals surface area (Å²) in [5.41, 5.74) is 3.55. The van der Waals surface area contributed by atoms with Crippen molar-refractivity contribution in [2.75, 3.05) is 37.7 Å². The van der Waals surface area contributed by atoms with Crippen LogP contribution in [0.4, 0.5) is 5.88 Å². The van der Waals surface area contributed by atoms with Crippen LogP contribution in [0.25, 0.3) is 12.2 Å². The number of carbonyl (C=O) groups excluding carboxylic acids is 1. The molecular weight excluding hydrogens is 416 g/mol. The summed E-state index contributed by atoms with van der Waals surface area (Å²) < 4.78 is 11.5. The lowest BCUT2D eigenvalue weighted by atomic mass is 10.1. The summed E-state index contributed by atoms with van der Waals surface area (Å²) in [6.07, 6.45) is 3.67. The zero-order valence-corrected chi connectivity index (χ0v) is 18.8. The van der Waals surface area contributed by atoms with Crippen molar-refractivity contribution in [3.8, 4) is 11.8 Å². The minimum absolute atomic E-state index is 0.00313. The van der Waals surface area contributed by atoms with Crippen molar-refractivity contribution in [2.45, 2.75) is 13.8 Å². The molecule has 2 aromatic carbocycles. The van der Waals surface area contributed by atoms with E-state index in [0.29, 0.717) is 43.7 Å². The number of rotatable bonds is 6. The molecule has 1 aliphatic rings. The molecule has 0 radical (unpaired) electrons. The maximum absolute atomic E-state index is 12.6. The van der Waals surface area contributed by atoms with Gasteiger partial charge in [-0.2, -0.15) is 10.2 Å². The van der Waals surface area contributed by atoms with Crippen molar-refractivity contribution in [3.63, 3.8) is 0 Å². The van der Waals surface area contributed by atoms with Gasteiger partial charge in [-0.3, -0.25) is 4.79 Å². The highest BCUT2D eigenvalue weighted by atomic mass is 16.5. The third-order valence-corrected chi connectivity index (χ3v) is 5.50. The monoisotopic (exact) mass is 442 g/mol. The maximum Gasteiger partial charge on any atom is 0.260 e. The van der Waals surface area contributed by atoms with Crippen LogP contribution in [0.15, 0.2) is 52.9 Å². The van der Waals surface area contributed by atoms with Gasteiger partial charge < -0.3 is 19.0 Å². The van der Waals surface area contributed by atoms with Gasteiger partial charge in [0.2, 0.25) is 17.5 Å². The van der Waals surface area contributed by atoms with Gasteiger partial charge in [0.1, 0.15) is 11.8 Å². The molecular formula is C26H26N4O3. The Morgan fingerprint density at radius 2 is 1.85 bits per heavy atom. The Morgan fingerprint density at radius 1 is 1.09 bits per heavy atom. The Balaban J connectivity index is 1.34. The third kappa shape index (κ3) is 5.60. The Morgan fingerprint density at radius 3 is 2.55 bits per heavy atom. The molecule has 1 amide bonds. The van der Waals surface area contributed by atoms with E-state index in [1.54, 1.807) is 11.0 Å². The minimum atomic E-state index is -0.0593. The molecule has 0 bridgehead atoms. The van der Waals surface area contributed by atoms with Crippen LogP contribution in [-0.2, 0) is 4.79 Å². The number of ether oxygens (including phenoxy) is 1. The molecule has 7 heteroatoms. The average Bonchev–Trinajstić information content (AvgIpc) is 3.26. The molecule has 168 valence electrons. The first-order valence-corrected chi connectivity index (χ1v) is 10.9. The van der Waals surface area contributed by atoms with Gasteiger partial charge in [-0.1, -0.05) is 42.0 Å². The molecule has 1 fully saturated rings. The Labute approximate surface area is 193 Å². The molecule has 1 aromatic heterocycles. The topological polar surface area (TPSA) is 82.6 Å². The zero-order valence-electron chi connectivity index (χ0n) is 18.8. The molecule has 0 N–H and O–H groups in total. The first-order valence-electron chi connectivity index (χ1n) is 10.9. The van der Waals surface area contributed by atoms with Crippen LogP contribution in [0, 0.1) is 25.2 Å². The second kappa shape index (κ2) is 10.0. The standard InChI is InChI=1S/C26H26N4O3/c1-19-6-8-21(9-7-19)10-11-24-28-23(17-27)26(33-24)30-14-12-29(13-15-30)25(31)18-32-22-5-3-4-20(2)16-22/h3-11,16H,12-15,18H2,1-2H3. The fourth-order valence-electron chi connectivity index (χ4n) is 3.63. The number of carbonyl (C=O) groups is 1. The highest BCUT2D eigenvalue weighted by Gasteiger charge is 2.26. The number of anilines is 1. The Bertz CT molecular complexity index is 1180. The number of piperazine rings is 1. The first kappa shape index (κ1) is 22.2. The van der Waals surface area contributed by atoms with Gasteiger partial charge in [0.05, 0.1) is 0 Å². The number of aromatic nitrogens is 1. The zero-order chi connectivity index (χ0) is 23.2. The highest BCUT2D eigenvalue weighted by Crippen LogP contribution is 2.24. The molecule has 2 heterocycles. The number of amides is 1. The van der Waals surface area contributed by atoms with Crippen LogP contribution in [0.3, 0.4) is 0 Å². The predicted octanol–water partition coefficient (Wildman–Crippen LogP) is 4.06. The van der Waals surface area contributed by atoms with Crippen molar-refractivity contribution in [3.05, 3.63) is 76.8 Å². The van der Waals surface area contributed by atoms with E-state index in [2.05, 4.69) is 11.1 Å². The molecule has 1 aliphatic heterocycles. The summed E-state index contributed by atoms with van der Waals surface area (Å²) in [7, 11) is 0. The second-order valence-corrected chi connectivity index (χ2v) is 8.03. The number of benzene rings is 2. The van der Waals surface area contributed by atoms with Crippen molar-refractivity contribution in [1.29, 1.82) is 5.26 Å². The molecule has 1 saturated heterocycles.